The summed E-state index contributed by atoms with van der Waals surface area (Å²) in [5.74, 6) is 0.0511. The van der Waals surface area contributed by atoms with Crippen LogP contribution in [0.5, 0.6) is 0 Å². The fourth-order valence-corrected chi connectivity index (χ4v) is 3.33. The molecule has 1 aromatic rings. The van der Waals surface area contributed by atoms with Gasteiger partial charge in [-0.15, -0.1) is 11.3 Å². The number of rotatable bonds is 3. The largest absolute Gasteiger partial charge is 0.397 e. The number of nitrogen functional groups attached to an aromatic ring is 1. The zero-order chi connectivity index (χ0) is 13.5. The molecule has 1 aliphatic rings. The van der Waals surface area contributed by atoms with Crippen LogP contribution in [-0.2, 0) is 0 Å². The molecule has 2 heterocycles. The predicted molar refractivity (Wildman–Crippen MR) is 75.4 cm³/mol. The van der Waals surface area contributed by atoms with Gasteiger partial charge in [0, 0.05) is 19.0 Å². The Hall–Kier alpha value is -1.07. The summed E-state index contributed by atoms with van der Waals surface area (Å²) in [5, 5.41) is 10.9. The Morgan fingerprint density at radius 1 is 1.61 bits per heavy atom. The minimum absolute atomic E-state index is 0.0412. The number of thiophene rings is 1. The molecule has 1 unspecified atom stereocenters. The maximum absolute atomic E-state index is 12.0. The first-order valence-corrected chi connectivity index (χ1v) is 7.03. The number of carbonyl (C=O) groups is 1. The van der Waals surface area contributed by atoms with Crippen LogP contribution in [-0.4, -0.2) is 29.6 Å². The average molecular weight is 268 g/mol. The molecule has 0 bridgehead atoms. The fraction of sp³-hybridized carbons (Fsp3) is 0.615. The van der Waals surface area contributed by atoms with Gasteiger partial charge < -0.3 is 15.7 Å². The molecule has 0 amide bonds. The van der Waals surface area contributed by atoms with Crippen LogP contribution < -0.4 is 10.6 Å². The third-order valence-corrected chi connectivity index (χ3v) is 4.49. The lowest BCUT2D eigenvalue weighted by Gasteiger charge is -2.18. The molecule has 4 nitrogen and oxygen atoms in total. The lowest BCUT2D eigenvalue weighted by Crippen LogP contribution is -2.29. The van der Waals surface area contributed by atoms with Gasteiger partial charge in [-0.05, 0) is 19.4 Å². The molecular weight excluding hydrogens is 248 g/mol. The Bertz CT molecular complexity index is 466. The first-order valence-electron chi connectivity index (χ1n) is 6.21. The number of carbonyl (C=O) groups excluding carboxylic acids is 1. The van der Waals surface area contributed by atoms with E-state index in [1.165, 1.54) is 11.3 Å². The second-order valence-electron chi connectivity index (χ2n) is 5.56. The molecule has 1 aromatic heterocycles. The molecule has 3 N–H and O–H groups in total. The van der Waals surface area contributed by atoms with E-state index in [2.05, 4.69) is 4.90 Å². The predicted octanol–water partition coefficient (Wildman–Crippen LogP) is 2.13. The molecule has 1 aliphatic heterocycles. The van der Waals surface area contributed by atoms with Crippen molar-refractivity contribution in [2.24, 2.45) is 5.92 Å². The smallest absolute Gasteiger partial charge is 0.177 e. The lowest BCUT2D eigenvalue weighted by atomic mass is 10.1. The zero-order valence-electron chi connectivity index (χ0n) is 11.1. The molecule has 0 radical (unpaired) electrons. The highest BCUT2D eigenvalue weighted by Crippen LogP contribution is 2.36. The van der Waals surface area contributed by atoms with Crippen molar-refractivity contribution in [3.05, 3.63) is 10.9 Å². The molecule has 5 heteroatoms. The van der Waals surface area contributed by atoms with Gasteiger partial charge in [-0.3, -0.25) is 4.79 Å². The number of nitrogens with two attached hydrogens (primary N) is 1. The summed E-state index contributed by atoms with van der Waals surface area (Å²) >= 11 is 1.43. The Morgan fingerprint density at radius 3 is 2.78 bits per heavy atom. The quantitative estimate of drug-likeness (QED) is 0.824. The summed E-state index contributed by atoms with van der Waals surface area (Å²) in [4.78, 5) is 14.7. The second kappa shape index (κ2) is 4.55. The van der Waals surface area contributed by atoms with Gasteiger partial charge in [0.05, 0.1) is 21.2 Å². The van der Waals surface area contributed by atoms with E-state index in [0.717, 1.165) is 18.0 Å². The summed E-state index contributed by atoms with van der Waals surface area (Å²) < 4.78 is 0. The molecule has 1 fully saturated rings. The van der Waals surface area contributed by atoms with E-state index in [0.29, 0.717) is 17.1 Å². The number of Topliss-reactive ketones (excluding diaryl/α,β-unsaturated/α-hetero) is 1. The summed E-state index contributed by atoms with van der Waals surface area (Å²) in [6.07, 6.45) is 0.748. The first kappa shape index (κ1) is 13.4. The van der Waals surface area contributed by atoms with Gasteiger partial charge in [0.1, 0.15) is 0 Å². The van der Waals surface area contributed by atoms with E-state index in [1.807, 2.05) is 26.8 Å². The van der Waals surface area contributed by atoms with Crippen molar-refractivity contribution >= 4 is 27.8 Å². The molecule has 1 saturated heterocycles. The summed E-state index contributed by atoms with van der Waals surface area (Å²) in [6, 6.07) is 1.85. The molecule has 2 rings (SSSR count). The molecule has 100 valence electrons. The van der Waals surface area contributed by atoms with E-state index in [9.17, 15) is 9.90 Å². The number of aliphatic hydroxyl groups is 1. The molecule has 1 atom stereocenters. The molecular formula is C13H20N2O2S. The van der Waals surface area contributed by atoms with Crippen LogP contribution in [0.3, 0.4) is 0 Å². The lowest BCUT2D eigenvalue weighted by molar-refractivity contribution is 0.0839. The van der Waals surface area contributed by atoms with Crippen molar-refractivity contribution < 1.29 is 9.90 Å². The van der Waals surface area contributed by atoms with E-state index >= 15 is 0 Å². The number of β-amino-alcohol motifs (C(OH)–C–C–N with tert-alkyl or cyclic N) is 1. The summed E-state index contributed by atoms with van der Waals surface area (Å²) in [6.45, 7) is 7.00. The first-order chi connectivity index (χ1) is 8.30. The van der Waals surface area contributed by atoms with E-state index < -0.39 is 5.60 Å². The van der Waals surface area contributed by atoms with Crippen molar-refractivity contribution in [3.8, 4) is 0 Å². The van der Waals surface area contributed by atoms with Crippen molar-refractivity contribution in [2.75, 3.05) is 23.7 Å². The van der Waals surface area contributed by atoms with Crippen LogP contribution in [0.1, 0.15) is 36.9 Å². The third kappa shape index (κ3) is 2.52. The van der Waals surface area contributed by atoms with Crippen LogP contribution in [0.15, 0.2) is 6.07 Å². The number of anilines is 2. The third-order valence-electron chi connectivity index (χ3n) is 3.26. The molecule has 18 heavy (non-hydrogen) atoms. The van der Waals surface area contributed by atoms with Crippen LogP contribution in [0.25, 0.3) is 0 Å². The number of ketones is 1. The van der Waals surface area contributed by atoms with Crippen LogP contribution in [0, 0.1) is 5.92 Å². The minimum atomic E-state index is -0.638. The van der Waals surface area contributed by atoms with Gasteiger partial charge in [-0.1, -0.05) is 13.8 Å². The van der Waals surface area contributed by atoms with Crippen molar-refractivity contribution in [1.82, 2.24) is 0 Å². The SMILES string of the molecule is CC(C)C(=O)c1sc(N2CCC(C)(O)C2)cc1N. The topological polar surface area (TPSA) is 66.6 Å². The standard InChI is InChI=1S/C13H20N2O2S/c1-8(2)11(16)12-9(14)6-10(18-12)15-5-4-13(3,17)7-15/h6,8,17H,4-5,7,14H2,1-3H3. The zero-order valence-corrected chi connectivity index (χ0v) is 11.9. The normalized spacial score (nSPS) is 23.9. The molecule has 0 aliphatic carbocycles. The van der Waals surface area contributed by atoms with E-state index in [1.54, 1.807) is 0 Å². The maximum atomic E-state index is 12.0. The number of nitrogens with zero attached hydrogens (tertiary/aromatic N) is 1. The van der Waals surface area contributed by atoms with Gasteiger partial charge in [-0.25, -0.2) is 0 Å². The second-order valence-corrected chi connectivity index (χ2v) is 6.59. The molecule has 0 spiro atoms. The Labute approximate surface area is 111 Å². The Morgan fingerprint density at radius 2 is 2.28 bits per heavy atom. The number of hydrogen-bond acceptors (Lipinski definition) is 5. The highest BCUT2D eigenvalue weighted by molar-refractivity contribution is 7.18. The van der Waals surface area contributed by atoms with Gasteiger partial charge in [0.15, 0.2) is 5.78 Å². The van der Waals surface area contributed by atoms with Crippen LogP contribution >= 0.6 is 11.3 Å². The van der Waals surface area contributed by atoms with Crippen LogP contribution in [0.4, 0.5) is 10.7 Å². The highest BCUT2D eigenvalue weighted by atomic mass is 32.1. The van der Waals surface area contributed by atoms with E-state index in [-0.39, 0.29) is 11.7 Å². The summed E-state index contributed by atoms with van der Waals surface area (Å²) in [7, 11) is 0. The Balaban J connectivity index is 2.22. The van der Waals surface area contributed by atoms with Crippen LogP contribution in [0.2, 0.25) is 0 Å². The Kier molecular flexibility index (Phi) is 3.38. The highest BCUT2D eigenvalue weighted by Gasteiger charge is 2.32. The minimum Gasteiger partial charge on any atom is -0.397 e. The molecule has 0 saturated carbocycles. The van der Waals surface area contributed by atoms with Crippen molar-refractivity contribution in [1.29, 1.82) is 0 Å². The van der Waals surface area contributed by atoms with Gasteiger partial charge in [0.25, 0.3) is 0 Å². The van der Waals surface area contributed by atoms with Gasteiger partial charge >= 0.3 is 0 Å². The van der Waals surface area contributed by atoms with Gasteiger partial charge in [-0.2, -0.15) is 0 Å². The van der Waals surface area contributed by atoms with Crippen molar-refractivity contribution in [3.63, 3.8) is 0 Å². The van der Waals surface area contributed by atoms with Crippen molar-refractivity contribution in [2.45, 2.75) is 32.8 Å². The van der Waals surface area contributed by atoms with Gasteiger partial charge in [0.2, 0.25) is 0 Å². The summed E-state index contributed by atoms with van der Waals surface area (Å²) in [5.41, 5.74) is 5.83. The maximum Gasteiger partial charge on any atom is 0.177 e. The average Bonchev–Trinajstić information content (AvgIpc) is 2.80. The molecule has 0 aromatic carbocycles. The number of hydrogen-bond donors (Lipinski definition) is 2. The van der Waals surface area contributed by atoms with E-state index in [4.69, 9.17) is 5.73 Å². The monoisotopic (exact) mass is 268 g/mol. The fourth-order valence-electron chi connectivity index (χ4n) is 2.14.